The smallest absolute Gasteiger partial charge is 0.314 e. The quantitative estimate of drug-likeness (QED) is 0.586. The number of amides is 1. The number of hydrogen-bond donors (Lipinski definition) is 0. The van der Waals surface area contributed by atoms with Gasteiger partial charge in [0.05, 0.1) is 12.0 Å². The summed E-state index contributed by atoms with van der Waals surface area (Å²) in [6.07, 6.45) is 3.42. The predicted octanol–water partition coefficient (Wildman–Crippen LogP) is 3.81. The number of benzene rings is 1. The Hall–Kier alpha value is -3.22. The molecule has 1 amide bonds. The zero-order chi connectivity index (χ0) is 22.0. The van der Waals surface area contributed by atoms with Crippen LogP contribution in [0, 0.1) is 18.2 Å². The Balaban J connectivity index is 1.62. The normalized spacial score (nSPS) is 18.9. The van der Waals surface area contributed by atoms with E-state index in [4.69, 9.17) is 4.74 Å². The molecule has 6 nitrogen and oxygen atoms in total. The van der Waals surface area contributed by atoms with Gasteiger partial charge in [0.2, 0.25) is 0 Å². The summed E-state index contributed by atoms with van der Waals surface area (Å²) < 4.78 is 20.6. The molecular formula is C24H26FN3O3. The van der Waals surface area contributed by atoms with Crippen LogP contribution >= 0.6 is 0 Å². The van der Waals surface area contributed by atoms with E-state index in [0.717, 1.165) is 11.3 Å². The summed E-state index contributed by atoms with van der Waals surface area (Å²) in [7, 11) is 0. The Bertz CT molecular complexity index is 1110. The van der Waals surface area contributed by atoms with Crippen LogP contribution in [0.1, 0.15) is 41.5 Å². The molecule has 0 bridgehead atoms. The van der Waals surface area contributed by atoms with Gasteiger partial charge in [-0.05, 0) is 62.9 Å². The minimum Gasteiger partial charge on any atom is -0.466 e. The third kappa shape index (κ3) is 4.17. The van der Waals surface area contributed by atoms with E-state index in [1.165, 1.54) is 12.1 Å². The first-order valence-electron chi connectivity index (χ1n) is 10.6. The molecule has 3 aromatic rings. The van der Waals surface area contributed by atoms with Crippen LogP contribution in [0.15, 0.2) is 48.7 Å². The summed E-state index contributed by atoms with van der Waals surface area (Å²) in [6.45, 7) is 4.79. The minimum absolute atomic E-state index is 0.199. The van der Waals surface area contributed by atoms with Crippen LogP contribution in [-0.2, 0) is 16.0 Å². The number of fused-ring (bicyclic) bond motifs is 1. The van der Waals surface area contributed by atoms with Crippen LogP contribution in [0.25, 0.3) is 5.65 Å². The first kappa shape index (κ1) is 21.0. The molecule has 0 unspecified atom stereocenters. The highest BCUT2D eigenvalue weighted by Crippen LogP contribution is 2.36. The molecule has 0 spiro atoms. The van der Waals surface area contributed by atoms with Crippen LogP contribution in [0.2, 0.25) is 0 Å². The lowest BCUT2D eigenvalue weighted by Crippen LogP contribution is -2.51. The largest absolute Gasteiger partial charge is 0.466 e. The number of aryl methyl sites for hydroxylation is 1. The van der Waals surface area contributed by atoms with E-state index in [1.54, 1.807) is 30.2 Å². The van der Waals surface area contributed by atoms with Crippen molar-refractivity contribution in [2.75, 3.05) is 19.7 Å². The Labute approximate surface area is 180 Å². The molecule has 0 radical (unpaired) electrons. The Morgan fingerprint density at radius 2 is 1.97 bits per heavy atom. The SMILES string of the molecule is CCOC(=O)[C@@]1(Cc2ccc(F)cc2)CCCN(C(=O)c2cn3c(C)cccc3n2)C1. The molecule has 0 N–H and O–H groups in total. The first-order valence-corrected chi connectivity index (χ1v) is 10.6. The number of likely N-dealkylation sites (tertiary alicyclic amines) is 1. The molecule has 2 aromatic heterocycles. The summed E-state index contributed by atoms with van der Waals surface area (Å²) in [5.41, 5.74) is 2.03. The number of imidazole rings is 1. The summed E-state index contributed by atoms with van der Waals surface area (Å²) in [6, 6.07) is 11.9. The van der Waals surface area contributed by atoms with Gasteiger partial charge >= 0.3 is 5.97 Å². The summed E-state index contributed by atoms with van der Waals surface area (Å²) in [5, 5.41) is 0. The van der Waals surface area contributed by atoms with Gasteiger partial charge in [-0.15, -0.1) is 0 Å². The molecule has 1 aromatic carbocycles. The summed E-state index contributed by atoms with van der Waals surface area (Å²) in [4.78, 5) is 32.5. The number of hydrogen-bond acceptors (Lipinski definition) is 4. The maximum Gasteiger partial charge on any atom is 0.314 e. The predicted molar refractivity (Wildman–Crippen MR) is 114 cm³/mol. The number of carbonyl (C=O) groups is 2. The van der Waals surface area contributed by atoms with Crippen molar-refractivity contribution in [1.29, 1.82) is 0 Å². The van der Waals surface area contributed by atoms with Crippen LogP contribution in [0.3, 0.4) is 0 Å². The van der Waals surface area contributed by atoms with E-state index in [0.29, 0.717) is 37.1 Å². The average Bonchev–Trinajstić information content (AvgIpc) is 3.21. The number of pyridine rings is 1. The van der Waals surface area contributed by atoms with E-state index in [1.807, 2.05) is 29.5 Å². The van der Waals surface area contributed by atoms with E-state index in [-0.39, 0.29) is 30.8 Å². The summed E-state index contributed by atoms with van der Waals surface area (Å²) >= 11 is 0. The number of halogens is 1. The minimum atomic E-state index is -0.864. The molecule has 1 aliphatic heterocycles. The van der Waals surface area contributed by atoms with Crippen molar-refractivity contribution in [3.63, 3.8) is 0 Å². The third-order valence-electron chi connectivity index (χ3n) is 5.94. The number of rotatable bonds is 5. The molecule has 162 valence electrons. The van der Waals surface area contributed by atoms with Crippen molar-refractivity contribution in [2.45, 2.75) is 33.1 Å². The van der Waals surface area contributed by atoms with Gasteiger partial charge in [0.25, 0.3) is 5.91 Å². The second-order valence-corrected chi connectivity index (χ2v) is 8.16. The van der Waals surface area contributed by atoms with E-state index < -0.39 is 5.41 Å². The summed E-state index contributed by atoms with van der Waals surface area (Å²) in [5.74, 6) is -0.838. The van der Waals surface area contributed by atoms with Gasteiger partial charge in [0.15, 0.2) is 0 Å². The Morgan fingerprint density at radius 3 is 2.68 bits per heavy atom. The lowest BCUT2D eigenvalue weighted by Gasteiger charge is -2.41. The van der Waals surface area contributed by atoms with Crippen LogP contribution < -0.4 is 0 Å². The highest BCUT2D eigenvalue weighted by molar-refractivity contribution is 5.93. The molecule has 1 saturated heterocycles. The molecule has 7 heteroatoms. The number of ether oxygens (including phenoxy) is 1. The number of nitrogens with zero attached hydrogens (tertiary/aromatic N) is 3. The number of piperidine rings is 1. The zero-order valence-corrected chi connectivity index (χ0v) is 17.8. The second kappa shape index (κ2) is 8.49. The monoisotopic (exact) mass is 423 g/mol. The Kier molecular flexibility index (Phi) is 5.76. The van der Waals surface area contributed by atoms with Gasteiger partial charge in [-0.25, -0.2) is 9.37 Å². The molecule has 1 aliphatic rings. The first-order chi connectivity index (χ1) is 14.9. The van der Waals surface area contributed by atoms with Gasteiger partial charge < -0.3 is 14.0 Å². The van der Waals surface area contributed by atoms with Crippen LogP contribution in [0.4, 0.5) is 4.39 Å². The van der Waals surface area contributed by atoms with Crippen LogP contribution in [0.5, 0.6) is 0 Å². The van der Waals surface area contributed by atoms with Crippen molar-refractivity contribution in [3.05, 3.63) is 71.4 Å². The number of carbonyl (C=O) groups excluding carboxylic acids is 2. The molecule has 1 fully saturated rings. The van der Waals surface area contributed by atoms with Crippen molar-refractivity contribution < 1.29 is 18.7 Å². The highest BCUT2D eigenvalue weighted by Gasteiger charge is 2.45. The maximum absolute atomic E-state index is 13.4. The molecule has 3 heterocycles. The molecule has 4 rings (SSSR count). The van der Waals surface area contributed by atoms with Gasteiger partial charge in [-0.3, -0.25) is 9.59 Å². The van der Waals surface area contributed by atoms with Crippen molar-refractivity contribution in [1.82, 2.24) is 14.3 Å². The molecule has 0 saturated carbocycles. The van der Waals surface area contributed by atoms with Crippen molar-refractivity contribution >= 4 is 17.5 Å². The number of aromatic nitrogens is 2. The maximum atomic E-state index is 13.4. The highest BCUT2D eigenvalue weighted by atomic mass is 19.1. The van der Waals surface area contributed by atoms with Gasteiger partial charge in [0, 0.05) is 25.0 Å². The van der Waals surface area contributed by atoms with Crippen LogP contribution in [-0.4, -0.2) is 45.9 Å². The zero-order valence-electron chi connectivity index (χ0n) is 17.8. The van der Waals surface area contributed by atoms with E-state index >= 15 is 0 Å². The Morgan fingerprint density at radius 1 is 1.19 bits per heavy atom. The van der Waals surface area contributed by atoms with Crippen molar-refractivity contribution in [2.24, 2.45) is 5.41 Å². The lowest BCUT2D eigenvalue weighted by molar-refractivity contribution is -0.158. The van der Waals surface area contributed by atoms with Gasteiger partial charge in [-0.2, -0.15) is 0 Å². The van der Waals surface area contributed by atoms with Gasteiger partial charge in [0.1, 0.15) is 17.2 Å². The van der Waals surface area contributed by atoms with E-state index in [2.05, 4.69) is 4.98 Å². The van der Waals surface area contributed by atoms with Crippen molar-refractivity contribution in [3.8, 4) is 0 Å². The fraction of sp³-hybridized carbons (Fsp3) is 0.375. The fourth-order valence-electron chi connectivity index (χ4n) is 4.38. The molecule has 0 aliphatic carbocycles. The average molecular weight is 423 g/mol. The fourth-order valence-corrected chi connectivity index (χ4v) is 4.38. The van der Waals surface area contributed by atoms with E-state index in [9.17, 15) is 14.0 Å². The molecule has 31 heavy (non-hydrogen) atoms. The number of esters is 1. The van der Waals surface area contributed by atoms with Gasteiger partial charge in [-0.1, -0.05) is 18.2 Å². The second-order valence-electron chi connectivity index (χ2n) is 8.16. The topological polar surface area (TPSA) is 63.9 Å². The third-order valence-corrected chi connectivity index (χ3v) is 5.94. The molecule has 1 atom stereocenters. The molecular weight excluding hydrogens is 397 g/mol. The standard InChI is InChI=1S/C24H26FN3O3/c1-3-31-23(30)24(14-18-8-10-19(25)11-9-18)12-5-13-27(16-24)22(29)20-15-28-17(2)6-4-7-21(28)26-20/h4,6-11,15H,3,5,12-14,16H2,1-2H3/t24-/m1/s1. The lowest BCUT2D eigenvalue weighted by atomic mass is 9.75.